The topological polar surface area (TPSA) is 60.4 Å². The minimum absolute atomic E-state index is 0.0783. The van der Waals surface area contributed by atoms with E-state index in [0.29, 0.717) is 22.0 Å². The van der Waals surface area contributed by atoms with Crippen LogP contribution in [0.1, 0.15) is 24.8 Å². The zero-order valence-corrected chi connectivity index (χ0v) is 14.5. The Morgan fingerprint density at radius 2 is 1.78 bits per heavy atom. The van der Waals surface area contributed by atoms with Crippen molar-refractivity contribution >= 4 is 39.3 Å². The van der Waals surface area contributed by atoms with E-state index in [1.54, 1.807) is 37.3 Å². The fraction of sp³-hybridized carbons (Fsp3) is 0.188. The third kappa shape index (κ3) is 4.25. The van der Waals surface area contributed by atoms with Crippen molar-refractivity contribution in [3.63, 3.8) is 0 Å². The summed E-state index contributed by atoms with van der Waals surface area (Å²) in [5, 5.41) is 0.720. The number of carbonyl (C=O) groups is 1. The molecule has 2 aromatic carbocycles. The Kier molecular flexibility index (Phi) is 5.68. The molecule has 0 spiro atoms. The van der Waals surface area contributed by atoms with E-state index in [4.69, 9.17) is 27.4 Å². The lowest BCUT2D eigenvalue weighted by atomic mass is 9.97. The molecule has 0 aliphatic rings. The molecule has 122 valence electrons. The third-order valence-electron chi connectivity index (χ3n) is 3.25. The highest BCUT2D eigenvalue weighted by Crippen LogP contribution is 2.31. The van der Waals surface area contributed by atoms with E-state index in [9.17, 15) is 13.2 Å². The van der Waals surface area contributed by atoms with Crippen molar-refractivity contribution in [3.05, 3.63) is 64.1 Å². The van der Waals surface area contributed by atoms with E-state index in [0.717, 1.165) is 0 Å². The van der Waals surface area contributed by atoms with Gasteiger partial charge in [0.2, 0.25) is 0 Å². The first-order chi connectivity index (χ1) is 10.8. The third-order valence-corrected chi connectivity index (χ3v) is 5.05. The Morgan fingerprint density at radius 1 is 1.13 bits per heavy atom. The van der Waals surface area contributed by atoms with Gasteiger partial charge in [-0.05, 0) is 36.2 Å². The summed E-state index contributed by atoms with van der Waals surface area (Å²) in [5.74, 6) is -1.67. The molecule has 4 nitrogen and oxygen atoms in total. The SMILES string of the molecule is CCC(C(=O)OS(=O)(=O)c1ccccc1)c1ccc(Cl)cc1Cl. The summed E-state index contributed by atoms with van der Waals surface area (Å²) >= 11 is 11.9. The zero-order chi connectivity index (χ0) is 17.0. The minimum atomic E-state index is -4.16. The van der Waals surface area contributed by atoms with Gasteiger partial charge in [-0.2, -0.15) is 8.42 Å². The first-order valence-electron chi connectivity index (χ1n) is 6.83. The van der Waals surface area contributed by atoms with Gasteiger partial charge >= 0.3 is 16.1 Å². The van der Waals surface area contributed by atoms with E-state index in [1.807, 2.05) is 0 Å². The molecule has 2 rings (SSSR count). The smallest absolute Gasteiger partial charge is 0.341 e. The van der Waals surface area contributed by atoms with Crippen LogP contribution in [0.5, 0.6) is 0 Å². The molecule has 1 atom stereocenters. The van der Waals surface area contributed by atoms with Crippen molar-refractivity contribution in [2.75, 3.05) is 0 Å². The van der Waals surface area contributed by atoms with E-state index >= 15 is 0 Å². The Bertz CT molecular complexity index is 804. The van der Waals surface area contributed by atoms with Crippen molar-refractivity contribution in [2.45, 2.75) is 24.2 Å². The average molecular weight is 373 g/mol. The molecule has 0 saturated heterocycles. The largest absolute Gasteiger partial charge is 0.342 e. The molecule has 0 bridgehead atoms. The highest BCUT2D eigenvalue weighted by molar-refractivity contribution is 7.87. The van der Waals surface area contributed by atoms with Crippen LogP contribution >= 0.6 is 23.2 Å². The predicted molar refractivity (Wildman–Crippen MR) is 89.2 cm³/mol. The molecule has 0 fully saturated rings. The first-order valence-corrected chi connectivity index (χ1v) is 9.00. The molecule has 0 aromatic heterocycles. The standard InChI is InChI=1S/C16H14Cl2O4S/c1-2-13(14-9-8-11(17)10-15(14)18)16(19)22-23(20,21)12-6-4-3-5-7-12/h3-10,13H,2H2,1H3. The van der Waals surface area contributed by atoms with Crippen LogP contribution in [0, 0.1) is 0 Å². The molecular formula is C16H14Cl2O4S. The molecule has 0 aliphatic carbocycles. The van der Waals surface area contributed by atoms with Crippen molar-refractivity contribution in [3.8, 4) is 0 Å². The van der Waals surface area contributed by atoms with Crippen molar-refractivity contribution in [1.82, 2.24) is 0 Å². The molecule has 7 heteroatoms. The van der Waals surface area contributed by atoms with Gasteiger partial charge in [0.05, 0.1) is 5.92 Å². The maximum atomic E-state index is 12.3. The van der Waals surface area contributed by atoms with Gasteiger partial charge in [-0.25, -0.2) is 0 Å². The van der Waals surface area contributed by atoms with Gasteiger partial charge in [0.25, 0.3) is 0 Å². The Hall–Kier alpha value is -1.56. The van der Waals surface area contributed by atoms with Crippen LogP contribution in [-0.2, 0) is 19.1 Å². The highest BCUT2D eigenvalue weighted by Gasteiger charge is 2.28. The average Bonchev–Trinajstić information content (AvgIpc) is 2.50. The number of benzene rings is 2. The van der Waals surface area contributed by atoms with Gasteiger partial charge in [-0.3, -0.25) is 4.79 Å². The maximum Gasteiger partial charge on any atom is 0.341 e. The summed E-state index contributed by atoms with van der Waals surface area (Å²) in [5.41, 5.74) is 0.479. The van der Waals surface area contributed by atoms with Gasteiger partial charge < -0.3 is 4.18 Å². The van der Waals surface area contributed by atoms with Crippen molar-refractivity contribution in [2.24, 2.45) is 0 Å². The van der Waals surface area contributed by atoms with E-state index < -0.39 is 22.0 Å². The van der Waals surface area contributed by atoms with Crippen LogP contribution in [0.2, 0.25) is 10.0 Å². The lowest BCUT2D eigenvalue weighted by molar-refractivity contribution is -0.135. The van der Waals surface area contributed by atoms with Gasteiger partial charge in [-0.1, -0.05) is 54.4 Å². The van der Waals surface area contributed by atoms with E-state index in [1.165, 1.54) is 18.2 Å². The fourth-order valence-corrected chi connectivity index (χ4v) is 3.56. The quantitative estimate of drug-likeness (QED) is 0.728. The van der Waals surface area contributed by atoms with Gasteiger partial charge in [0.15, 0.2) is 0 Å². The van der Waals surface area contributed by atoms with E-state index in [-0.39, 0.29) is 4.90 Å². The Balaban J connectivity index is 2.27. The van der Waals surface area contributed by atoms with Crippen LogP contribution in [0.25, 0.3) is 0 Å². The molecule has 0 N–H and O–H groups in total. The molecule has 0 amide bonds. The molecule has 2 aromatic rings. The zero-order valence-electron chi connectivity index (χ0n) is 12.2. The summed E-state index contributed by atoms with van der Waals surface area (Å²) in [6, 6.07) is 12.2. The number of hydrogen-bond acceptors (Lipinski definition) is 4. The highest BCUT2D eigenvalue weighted by atomic mass is 35.5. The van der Waals surface area contributed by atoms with Crippen LogP contribution in [0.15, 0.2) is 53.4 Å². The summed E-state index contributed by atoms with van der Waals surface area (Å²) in [6.07, 6.45) is 0.338. The fourth-order valence-electron chi connectivity index (χ4n) is 2.10. The number of carbonyl (C=O) groups excluding carboxylic acids is 1. The van der Waals surface area contributed by atoms with Crippen LogP contribution in [-0.4, -0.2) is 14.4 Å². The van der Waals surface area contributed by atoms with Crippen LogP contribution in [0.4, 0.5) is 0 Å². The first kappa shape index (κ1) is 17.8. The minimum Gasteiger partial charge on any atom is -0.342 e. The molecule has 23 heavy (non-hydrogen) atoms. The van der Waals surface area contributed by atoms with Gasteiger partial charge in [0, 0.05) is 10.0 Å². The summed E-state index contributed by atoms with van der Waals surface area (Å²) in [7, 11) is -4.16. The summed E-state index contributed by atoms with van der Waals surface area (Å²) < 4.78 is 29.0. The van der Waals surface area contributed by atoms with Gasteiger partial charge in [-0.15, -0.1) is 0 Å². The summed E-state index contributed by atoms with van der Waals surface area (Å²) in [6.45, 7) is 1.74. The molecular weight excluding hydrogens is 359 g/mol. The second-order valence-corrected chi connectivity index (χ2v) is 7.19. The lowest BCUT2D eigenvalue weighted by Crippen LogP contribution is -2.20. The molecule has 0 radical (unpaired) electrons. The lowest BCUT2D eigenvalue weighted by Gasteiger charge is -2.16. The van der Waals surface area contributed by atoms with E-state index in [2.05, 4.69) is 0 Å². The number of hydrogen-bond donors (Lipinski definition) is 0. The normalized spacial score (nSPS) is 12.7. The number of rotatable bonds is 5. The van der Waals surface area contributed by atoms with Crippen molar-refractivity contribution < 1.29 is 17.4 Å². The second kappa shape index (κ2) is 7.34. The molecule has 0 heterocycles. The van der Waals surface area contributed by atoms with Gasteiger partial charge in [0.1, 0.15) is 4.90 Å². The summed E-state index contributed by atoms with van der Waals surface area (Å²) in [4.78, 5) is 12.2. The Morgan fingerprint density at radius 3 is 2.35 bits per heavy atom. The monoisotopic (exact) mass is 372 g/mol. The molecule has 1 unspecified atom stereocenters. The number of halogens is 2. The van der Waals surface area contributed by atoms with Crippen molar-refractivity contribution in [1.29, 1.82) is 0 Å². The van der Waals surface area contributed by atoms with Crippen LogP contribution in [0.3, 0.4) is 0 Å². The second-order valence-electron chi connectivity index (χ2n) is 4.80. The Labute approximate surface area is 145 Å². The maximum absolute atomic E-state index is 12.3. The molecule has 0 saturated carbocycles. The van der Waals surface area contributed by atoms with Crippen LogP contribution < -0.4 is 0 Å². The molecule has 0 aliphatic heterocycles. The predicted octanol–water partition coefficient (Wildman–Crippen LogP) is 4.42.